The molecular formula is C13H23N3. The number of unbranched alkanes of at least 4 members (excludes halogenated alkanes) is 1. The van der Waals surface area contributed by atoms with E-state index >= 15 is 0 Å². The van der Waals surface area contributed by atoms with Gasteiger partial charge in [-0.3, -0.25) is 0 Å². The van der Waals surface area contributed by atoms with Gasteiger partial charge in [-0.1, -0.05) is 34.1 Å². The van der Waals surface area contributed by atoms with Crippen LogP contribution in [0.2, 0.25) is 0 Å². The fraction of sp³-hybridized carbons (Fsp3) is 0.692. The molecule has 3 nitrogen and oxygen atoms in total. The van der Waals surface area contributed by atoms with Crippen molar-refractivity contribution >= 4 is 5.82 Å². The van der Waals surface area contributed by atoms with Gasteiger partial charge in [0, 0.05) is 24.9 Å². The zero-order chi connectivity index (χ0) is 12.2. The minimum atomic E-state index is 0.0789. The van der Waals surface area contributed by atoms with Crippen molar-refractivity contribution in [1.82, 2.24) is 9.97 Å². The molecule has 16 heavy (non-hydrogen) atoms. The van der Waals surface area contributed by atoms with Gasteiger partial charge in [0.1, 0.15) is 11.6 Å². The van der Waals surface area contributed by atoms with E-state index in [1.807, 2.05) is 13.1 Å². The van der Waals surface area contributed by atoms with Crippen molar-refractivity contribution in [2.45, 2.75) is 52.4 Å². The zero-order valence-corrected chi connectivity index (χ0v) is 11.1. The molecule has 0 amide bonds. The molecule has 1 aromatic heterocycles. The predicted molar refractivity (Wildman–Crippen MR) is 68.9 cm³/mol. The molecular weight excluding hydrogens is 198 g/mol. The van der Waals surface area contributed by atoms with Crippen LogP contribution < -0.4 is 5.32 Å². The summed E-state index contributed by atoms with van der Waals surface area (Å²) < 4.78 is 0. The standard InChI is InChI=1S/C13H23N3/c1-6-7-8-11-15-10(13(2,3)4)9-12(14-5)16-11/h9H,6-8H2,1-5H3,(H,14,15,16). The summed E-state index contributed by atoms with van der Waals surface area (Å²) in [6.07, 6.45) is 3.30. The van der Waals surface area contributed by atoms with E-state index < -0.39 is 0 Å². The molecule has 1 aromatic rings. The maximum atomic E-state index is 4.64. The normalized spacial score (nSPS) is 11.6. The van der Waals surface area contributed by atoms with E-state index in [0.29, 0.717) is 0 Å². The van der Waals surface area contributed by atoms with E-state index in [1.54, 1.807) is 0 Å². The van der Waals surface area contributed by atoms with Crippen LogP contribution >= 0.6 is 0 Å². The smallest absolute Gasteiger partial charge is 0.131 e. The lowest BCUT2D eigenvalue weighted by Crippen LogP contribution is -2.16. The molecule has 0 fully saturated rings. The highest BCUT2D eigenvalue weighted by Crippen LogP contribution is 2.22. The van der Waals surface area contributed by atoms with Crippen LogP contribution in [-0.2, 0) is 11.8 Å². The molecule has 0 bridgehead atoms. The summed E-state index contributed by atoms with van der Waals surface area (Å²) in [7, 11) is 1.90. The molecule has 0 saturated heterocycles. The van der Waals surface area contributed by atoms with Crippen LogP contribution in [0, 0.1) is 0 Å². The summed E-state index contributed by atoms with van der Waals surface area (Å²) in [6.45, 7) is 8.72. The highest BCUT2D eigenvalue weighted by molar-refractivity contribution is 5.37. The minimum Gasteiger partial charge on any atom is -0.373 e. The molecule has 90 valence electrons. The average Bonchev–Trinajstić information content (AvgIpc) is 2.24. The lowest BCUT2D eigenvalue weighted by atomic mass is 9.92. The SMILES string of the molecule is CCCCc1nc(NC)cc(C(C)(C)C)n1. The van der Waals surface area contributed by atoms with Crippen LogP contribution in [0.15, 0.2) is 6.07 Å². The topological polar surface area (TPSA) is 37.8 Å². The Kier molecular flexibility index (Phi) is 4.27. The summed E-state index contributed by atoms with van der Waals surface area (Å²) in [5.74, 6) is 1.88. The van der Waals surface area contributed by atoms with Crippen LogP contribution in [-0.4, -0.2) is 17.0 Å². The number of aromatic nitrogens is 2. The summed E-state index contributed by atoms with van der Waals surface area (Å²) in [6, 6.07) is 2.04. The van der Waals surface area contributed by atoms with Crippen molar-refractivity contribution in [3.05, 3.63) is 17.6 Å². The van der Waals surface area contributed by atoms with E-state index in [9.17, 15) is 0 Å². The number of hydrogen-bond donors (Lipinski definition) is 1. The van der Waals surface area contributed by atoms with Crippen molar-refractivity contribution in [2.75, 3.05) is 12.4 Å². The number of hydrogen-bond acceptors (Lipinski definition) is 3. The second-order valence-corrected chi connectivity index (χ2v) is 5.16. The summed E-state index contributed by atoms with van der Waals surface area (Å²) in [4.78, 5) is 9.12. The van der Waals surface area contributed by atoms with Crippen molar-refractivity contribution in [1.29, 1.82) is 0 Å². The molecule has 0 unspecified atom stereocenters. The van der Waals surface area contributed by atoms with E-state index in [4.69, 9.17) is 0 Å². The van der Waals surface area contributed by atoms with Crippen LogP contribution in [0.1, 0.15) is 52.1 Å². The first kappa shape index (κ1) is 12.9. The average molecular weight is 221 g/mol. The second-order valence-electron chi connectivity index (χ2n) is 5.16. The van der Waals surface area contributed by atoms with Gasteiger partial charge >= 0.3 is 0 Å². The first-order valence-corrected chi connectivity index (χ1v) is 6.03. The lowest BCUT2D eigenvalue weighted by molar-refractivity contribution is 0.560. The highest BCUT2D eigenvalue weighted by Gasteiger charge is 2.17. The molecule has 0 aliphatic heterocycles. The molecule has 0 aliphatic carbocycles. The Morgan fingerprint density at radius 1 is 1.25 bits per heavy atom. The Labute approximate surface area is 98.7 Å². The van der Waals surface area contributed by atoms with Crippen molar-refractivity contribution in [2.24, 2.45) is 0 Å². The highest BCUT2D eigenvalue weighted by atomic mass is 15.0. The zero-order valence-electron chi connectivity index (χ0n) is 11.1. The van der Waals surface area contributed by atoms with Gasteiger partial charge in [0.05, 0.1) is 5.69 Å². The monoisotopic (exact) mass is 221 g/mol. The third-order valence-electron chi connectivity index (χ3n) is 2.55. The predicted octanol–water partition coefficient (Wildman–Crippen LogP) is 3.16. The van der Waals surface area contributed by atoms with Gasteiger partial charge in [-0.25, -0.2) is 9.97 Å². The van der Waals surface area contributed by atoms with E-state index in [2.05, 4.69) is 43.0 Å². The van der Waals surface area contributed by atoms with Gasteiger partial charge in [-0.15, -0.1) is 0 Å². The number of nitrogens with one attached hydrogen (secondary N) is 1. The fourth-order valence-corrected chi connectivity index (χ4v) is 1.46. The van der Waals surface area contributed by atoms with Gasteiger partial charge in [-0.2, -0.15) is 0 Å². The van der Waals surface area contributed by atoms with Crippen LogP contribution in [0.3, 0.4) is 0 Å². The van der Waals surface area contributed by atoms with Crippen LogP contribution in [0.25, 0.3) is 0 Å². The molecule has 0 saturated carbocycles. The fourth-order valence-electron chi connectivity index (χ4n) is 1.46. The first-order valence-electron chi connectivity index (χ1n) is 6.03. The molecule has 0 radical (unpaired) electrons. The molecule has 0 aromatic carbocycles. The minimum absolute atomic E-state index is 0.0789. The molecule has 0 spiro atoms. The summed E-state index contributed by atoms with van der Waals surface area (Å²) in [5, 5.41) is 3.11. The Hall–Kier alpha value is -1.12. The summed E-state index contributed by atoms with van der Waals surface area (Å²) >= 11 is 0. The van der Waals surface area contributed by atoms with Gasteiger partial charge in [0.25, 0.3) is 0 Å². The Morgan fingerprint density at radius 2 is 1.94 bits per heavy atom. The number of rotatable bonds is 4. The van der Waals surface area contributed by atoms with Gasteiger partial charge < -0.3 is 5.32 Å². The third kappa shape index (κ3) is 3.47. The molecule has 3 heteroatoms. The maximum Gasteiger partial charge on any atom is 0.131 e. The van der Waals surface area contributed by atoms with Crippen molar-refractivity contribution in [3.63, 3.8) is 0 Å². The van der Waals surface area contributed by atoms with E-state index in [-0.39, 0.29) is 5.41 Å². The quantitative estimate of drug-likeness (QED) is 0.848. The Morgan fingerprint density at radius 3 is 2.44 bits per heavy atom. The van der Waals surface area contributed by atoms with Crippen LogP contribution in [0.5, 0.6) is 0 Å². The molecule has 1 heterocycles. The van der Waals surface area contributed by atoms with E-state index in [0.717, 1.165) is 30.2 Å². The molecule has 1 N–H and O–H groups in total. The number of anilines is 1. The maximum absolute atomic E-state index is 4.64. The van der Waals surface area contributed by atoms with Crippen molar-refractivity contribution < 1.29 is 0 Å². The van der Waals surface area contributed by atoms with Gasteiger partial charge in [0.2, 0.25) is 0 Å². The second kappa shape index (κ2) is 5.28. The third-order valence-corrected chi connectivity index (χ3v) is 2.55. The largest absolute Gasteiger partial charge is 0.373 e. The Balaban J connectivity index is 3.01. The Bertz CT molecular complexity index is 340. The number of nitrogens with zero attached hydrogens (tertiary/aromatic N) is 2. The van der Waals surface area contributed by atoms with Gasteiger partial charge in [-0.05, 0) is 6.42 Å². The number of aryl methyl sites for hydroxylation is 1. The van der Waals surface area contributed by atoms with E-state index in [1.165, 1.54) is 6.42 Å². The van der Waals surface area contributed by atoms with Crippen LogP contribution in [0.4, 0.5) is 5.82 Å². The van der Waals surface area contributed by atoms with Crippen molar-refractivity contribution in [3.8, 4) is 0 Å². The molecule has 0 aliphatic rings. The first-order chi connectivity index (χ1) is 7.47. The van der Waals surface area contributed by atoms with Gasteiger partial charge in [0.15, 0.2) is 0 Å². The summed E-state index contributed by atoms with van der Waals surface area (Å²) in [5.41, 5.74) is 1.19. The molecule has 1 rings (SSSR count). The molecule has 0 atom stereocenters. The lowest BCUT2D eigenvalue weighted by Gasteiger charge is -2.19.